The molecule has 2 aliphatic rings. The van der Waals surface area contributed by atoms with Crippen LogP contribution in [0.15, 0.2) is 24.9 Å². The summed E-state index contributed by atoms with van der Waals surface area (Å²) in [5, 5.41) is 1.62. The van der Waals surface area contributed by atoms with Crippen LogP contribution in [-0.2, 0) is 9.47 Å². The fourth-order valence-corrected chi connectivity index (χ4v) is 3.74. The molecule has 7 nitrogen and oxygen atoms in total. The minimum atomic E-state index is -4.22. The lowest BCUT2D eigenvalue weighted by Gasteiger charge is -2.44. The Bertz CT molecular complexity index is 546. The highest BCUT2D eigenvalue weighted by Gasteiger charge is 2.43. The third-order valence-corrected chi connectivity index (χ3v) is 5.75. The van der Waals surface area contributed by atoms with Gasteiger partial charge in [-0.1, -0.05) is 18.7 Å². The number of nitrogens with one attached hydrogen (secondary N) is 1. The summed E-state index contributed by atoms with van der Waals surface area (Å²) in [6, 6.07) is -0.681. The highest BCUT2D eigenvalue weighted by atomic mass is 19.4. The SMILES string of the molecule is C=CN(NN)C1COCN(C(C)C)COCN(C2C=CCC(C(F)(F)F)C2)C1C. The molecule has 1 fully saturated rings. The summed E-state index contributed by atoms with van der Waals surface area (Å²) in [7, 11) is 0. The highest BCUT2D eigenvalue weighted by Crippen LogP contribution is 2.37. The van der Waals surface area contributed by atoms with Crippen molar-refractivity contribution in [1.82, 2.24) is 20.3 Å². The summed E-state index contributed by atoms with van der Waals surface area (Å²) < 4.78 is 51.8. The normalized spacial score (nSPS) is 31.0. The first-order chi connectivity index (χ1) is 13.7. The molecular weight excluding hydrogens is 387 g/mol. The molecule has 1 heterocycles. The third kappa shape index (κ3) is 6.40. The average Bonchev–Trinajstić information content (AvgIpc) is 2.68. The van der Waals surface area contributed by atoms with Crippen molar-refractivity contribution in [3.63, 3.8) is 0 Å². The number of nitrogens with two attached hydrogens (primary N) is 1. The Kier molecular flexibility index (Phi) is 8.92. The average molecular weight is 422 g/mol. The minimum absolute atomic E-state index is 0.000680. The van der Waals surface area contributed by atoms with E-state index in [0.29, 0.717) is 20.1 Å². The van der Waals surface area contributed by atoms with Gasteiger partial charge in [0, 0.05) is 24.3 Å². The first-order valence-corrected chi connectivity index (χ1v) is 9.94. The summed E-state index contributed by atoms with van der Waals surface area (Å²) in [4.78, 5) is 3.95. The second-order valence-electron chi connectivity index (χ2n) is 7.89. The zero-order valence-corrected chi connectivity index (χ0v) is 17.4. The predicted molar refractivity (Wildman–Crippen MR) is 105 cm³/mol. The summed E-state index contributed by atoms with van der Waals surface area (Å²) in [6.45, 7) is 11.0. The van der Waals surface area contributed by atoms with Crippen molar-refractivity contribution in [1.29, 1.82) is 0 Å². The maximum Gasteiger partial charge on any atom is 0.392 e. The summed E-state index contributed by atoms with van der Waals surface area (Å²) in [6.07, 6.45) is 0.813. The largest absolute Gasteiger partial charge is 0.392 e. The van der Waals surface area contributed by atoms with E-state index in [0.717, 1.165) is 0 Å². The molecular formula is C19H34F3N5O2. The molecule has 0 aromatic rings. The smallest absolute Gasteiger partial charge is 0.364 e. The molecule has 1 aliphatic carbocycles. The molecule has 3 N–H and O–H groups in total. The summed E-state index contributed by atoms with van der Waals surface area (Å²) >= 11 is 0. The quantitative estimate of drug-likeness (QED) is 0.401. The van der Waals surface area contributed by atoms with Crippen molar-refractivity contribution in [3.8, 4) is 0 Å². The van der Waals surface area contributed by atoms with E-state index in [-0.39, 0.29) is 37.7 Å². The number of hydrogen-bond donors (Lipinski definition) is 2. The number of alkyl halides is 3. The molecule has 2 rings (SSSR count). The van der Waals surface area contributed by atoms with Gasteiger partial charge in [0.25, 0.3) is 0 Å². The van der Waals surface area contributed by atoms with Crippen molar-refractivity contribution in [2.24, 2.45) is 11.8 Å². The Morgan fingerprint density at radius 3 is 2.55 bits per heavy atom. The van der Waals surface area contributed by atoms with Crippen LogP contribution in [0.3, 0.4) is 0 Å². The third-order valence-electron chi connectivity index (χ3n) is 5.75. The van der Waals surface area contributed by atoms with Gasteiger partial charge >= 0.3 is 6.18 Å². The van der Waals surface area contributed by atoms with Crippen LogP contribution >= 0.6 is 0 Å². The van der Waals surface area contributed by atoms with Gasteiger partial charge < -0.3 is 9.47 Å². The number of hydrazine groups is 2. The van der Waals surface area contributed by atoms with Crippen LogP contribution in [0.25, 0.3) is 0 Å². The van der Waals surface area contributed by atoms with Crippen LogP contribution in [0.2, 0.25) is 0 Å². The number of hydrogen-bond acceptors (Lipinski definition) is 7. The van der Waals surface area contributed by atoms with E-state index >= 15 is 0 Å². The maximum atomic E-state index is 13.3. The van der Waals surface area contributed by atoms with Crippen LogP contribution in [0.4, 0.5) is 13.2 Å². The first-order valence-electron chi connectivity index (χ1n) is 9.94. The molecule has 10 heteroatoms. The molecule has 0 spiro atoms. The Labute approximate surface area is 171 Å². The fourth-order valence-electron chi connectivity index (χ4n) is 3.74. The molecule has 29 heavy (non-hydrogen) atoms. The van der Waals surface area contributed by atoms with Gasteiger partial charge in [0.1, 0.15) is 20.2 Å². The Hall–Kier alpha value is -1.17. The number of allylic oxidation sites excluding steroid dienone is 1. The molecule has 1 saturated heterocycles. The molecule has 0 aromatic carbocycles. The van der Waals surface area contributed by atoms with Gasteiger partial charge in [-0.2, -0.15) is 18.7 Å². The molecule has 0 aromatic heterocycles. The molecule has 0 radical (unpaired) electrons. The van der Waals surface area contributed by atoms with Crippen LogP contribution < -0.4 is 11.4 Å². The monoisotopic (exact) mass is 421 g/mol. The second-order valence-corrected chi connectivity index (χ2v) is 7.89. The number of halogens is 3. The predicted octanol–water partition coefficient (Wildman–Crippen LogP) is 2.40. The zero-order valence-electron chi connectivity index (χ0n) is 17.4. The fraction of sp³-hybridized carbons (Fsp3) is 0.789. The van der Waals surface area contributed by atoms with E-state index < -0.39 is 18.1 Å². The van der Waals surface area contributed by atoms with Crippen LogP contribution in [0.5, 0.6) is 0 Å². The first kappa shape index (κ1) is 24.1. The lowest BCUT2D eigenvalue weighted by molar-refractivity contribution is -0.183. The molecule has 168 valence electrons. The van der Waals surface area contributed by atoms with E-state index in [1.165, 1.54) is 0 Å². The van der Waals surface area contributed by atoms with Gasteiger partial charge in [0.15, 0.2) is 0 Å². The van der Waals surface area contributed by atoms with E-state index in [4.69, 9.17) is 15.3 Å². The zero-order chi connectivity index (χ0) is 21.6. The summed E-state index contributed by atoms with van der Waals surface area (Å²) in [5.74, 6) is 4.28. The topological polar surface area (TPSA) is 66.2 Å². The van der Waals surface area contributed by atoms with Gasteiger partial charge in [-0.05, 0) is 33.6 Å². The number of ether oxygens (including phenoxy) is 2. The highest BCUT2D eigenvalue weighted by molar-refractivity contribution is 5.04. The molecule has 4 atom stereocenters. The lowest BCUT2D eigenvalue weighted by Crippen LogP contribution is -2.60. The van der Waals surface area contributed by atoms with Crippen LogP contribution in [-0.4, -0.2) is 72.0 Å². The lowest BCUT2D eigenvalue weighted by atomic mass is 9.89. The minimum Gasteiger partial charge on any atom is -0.364 e. The standard InChI is InChI=1S/C19H34F3N5O2/c1-5-27(24-23)18-10-28-11-25(14(2)3)12-29-13-26(15(18)4)17-8-6-7-16(9-17)19(20,21)22/h5-6,8,14-18,24H,1,7,9-13,23H2,2-4H3. The van der Waals surface area contributed by atoms with Crippen molar-refractivity contribution in [2.75, 3.05) is 26.8 Å². The van der Waals surface area contributed by atoms with Crippen LogP contribution in [0, 0.1) is 5.92 Å². The number of rotatable bonds is 5. The van der Waals surface area contributed by atoms with Gasteiger partial charge in [-0.15, -0.1) is 0 Å². The van der Waals surface area contributed by atoms with Crippen molar-refractivity contribution in [3.05, 3.63) is 24.9 Å². The van der Waals surface area contributed by atoms with E-state index in [2.05, 4.69) is 12.1 Å². The number of nitrogens with zero attached hydrogens (tertiary/aromatic N) is 3. The van der Waals surface area contributed by atoms with Crippen molar-refractivity contribution < 1.29 is 22.6 Å². The van der Waals surface area contributed by atoms with E-state index in [1.807, 2.05) is 36.6 Å². The van der Waals surface area contributed by atoms with Gasteiger partial charge in [-0.3, -0.25) is 20.7 Å². The Morgan fingerprint density at radius 2 is 1.97 bits per heavy atom. The summed E-state index contributed by atoms with van der Waals surface area (Å²) in [5.41, 5.74) is 2.58. The van der Waals surface area contributed by atoms with Crippen LogP contribution in [0.1, 0.15) is 33.6 Å². The molecule has 0 bridgehead atoms. The van der Waals surface area contributed by atoms with Gasteiger partial charge in [0.05, 0.1) is 18.6 Å². The van der Waals surface area contributed by atoms with Gasteiger partial charge in [-0.25, -0.2) is 0 Å². The van der Waals surface area contributed by atoms with Crippen molar-refractivity contribution in [2.45, 2.75) is 64.0 Å². The Morgan fingerprint density at radius 1 is 1.28 bits per heavy atom. The van der Waals surface area contributed by atoms with Gasteiger partial charge in [0.2, 0.25) is 0 Å². The molecule has 1 aliphatic heterocycles. The van der Waals surface area contributed by atoms with Crippen molar-refractivity contribution >= 4 is 0 Å². The van der Waals surface area contributed by atoms with E-state index in [9.17, 15) is 13.2 Å². The molecule has 4 unspecified atom stereocenters. The second kappa shape index (κ2) is 10.7. The maximum absolute atomic E-state index is 13.3. The van der Waals surface area contributed by atoms with E-state index in [1.54, 1.807) is 17.3 Å². The Balaban J connectivity index is 2.26. The molecule has 0 amide bonds. The molecule has 0 saturated carbocycles.